The second-order valence-electron chi connectivity index (χ2n) is 4.43. The maximum atomic E-state index is 14.0. The topological polar surface area (TPSA) is 36.4 Å². The summed E-state index contributed by atoms with van der Waals surface area (Å²) in [6, 6.07) is 1.52. The van der Waals surface area contributed by atoms with Gasteiger partial charge in [-0.2, -0.15) is 11.8 Å². The number of rotatable bonds is 2. The second-order valence-corrected chi connectivity index (χ2v) is 6.31. The van der Waals surface area contributed by atoms with Crippen molar-refractivity contribution in [3.63, 3.8) is 0 Å². The van der Waals surface area contributed by atoms with Gasteiger partial charge in [-0.05, 0) is 6.07 Å². The van der Waals surface area contributed by atoms with E-state index in [1.807, 2.05) is 16.7 Å². The molecular formula is C12H17FN2OS. The van der Waals surface area contributed by atoms with Gasteiger partial charge in [-0.3, -0.25) is 0 Å². The van der Waals surface area contributed by atoms with Crippen LogP contribution in [0.4, 0.5) is 10.2 Å². The van der Waals surface area contributed by atoms with Crippen molar-refractivity contribution >= 4 is 17.6 Å². The van der Waals surface area contributed by atoms with Gasteiger partial charge in [0.2, 0.25) is 0 Å². The van der Waals surface area contributed by atoms with Crippen molar-refractivity contribution in [1.29, 1.82) is 0 Å². The van der Waals surface area contributed by atoms with Crippen molar-refractivity contribution in [2.75, 3.05) is 18.0 Å². The van der Waals surface area contributed by atoms with Crippen LogP contribution in [0.5, 0.6) is 0 Å². The van der Waals surface area contributed by atoms with E-state index in [1.54, 1.807) is 6.20 Å². The third-order valence-corrected chi connectivity index (χ3v) is 4.07. The van der Waals surface area contributed by atoms with Gasteiger partial charge in [0.25, 0.3) is 0 Å². The number of halogens is 1. The summed E-state index contributed by atoms with van der Waals surface area (Å²) >= 11 is 1.91. The van der Waals surface area contributed by atoms with Gasteiger partial charge in [-0.15, -0.1) is 0 Å². The molecule has 1 aromatic rings. The first kappa shape index (κ1) is 12.6. The molecule has 0 bridgehead atoms. The average molecular weight is 256 g/mol. The molecule has 1 aromatic heterocycles. The van der Waals surface area contributed by atoms with E-state index in [0.717, 1.165) is 13.1 Å². The second kappa shape index (κ2) is 5.23. The lowest BCUT2D eigenvalue weighted by atomic mass is 10.2. The lowest BCUT2D eigenvalue weighted by molar-refractivity contribution is 0.275. The molecule has 0 aromatic carbocycles. The first-order valence-electron chi connectivity index (χ1n) is 5.76. The Morgan fingerprint density at radius 2 is 2.12 bits per heavy atom. The highest BCUT2D eigenvalue weighted by Gasteiger charge is 2.25. The van der Waals surface area contributed by atoms with Gasteiger partial charge in [-0.25, -0.2) is 9.37 Å². The maximum absolute atomic E-state index is 14.0. The lowest BCUT2D eigenvalue weighted by Gasteiger charge is -2.35. The zero-order valence-corrected chi connectivity index (χ0v) is 10.9. The Balaban J connectivity index is 2.27. The normalized spacial score (nSPS) is 25.1. The lowest BCUT2D eigenvalue weighted by Crippen LogP contribution is -2.41. The summed E-state index contributed by atoms with van der Waals surface area (Å²) in [5.74, 6) is -0.0168. The van der Waals surface area contributed by atoms with E-state index in [4.69, 9.17) is 5.11 Å². The molecule has 1 N–H and O–H groups in total. The molecule has 2 heterocycles. The summed E-state index contributed by atoms with van der Waals surface area (Å²) in [4.78, 5) is 6.08. The van der Waals surface area contributed by atoms with E-state index in [1.165, 1.54) is 6.07 Å². The molecule has 0 radical (unpaired) electrons. The third-order valence-electron chi connectivity index (χ3n) is 2.84. The molecule has 94 valence electrons. The van der Waals surface area contributed by atoms with E-state index in [0.29, 0.717) is 21.9 Å². The Morgan fingerprint density at radius 1 is 1.47 bits per heavy atom. The molecule has 1 saturated heterocycles. The summed E-state index contributed by atoms with van der Waals surface area (Å²) < 4.78 is 14.0. The summed E-state index contributed by atoms with van der Waals surface area (Å²) in [7, 11) is 0. The Bertz CT molecular complexity index is 392. The quantitative estimate of drug-likeness (QED) is 0.878. The minimum Gasteiger partial charge on any atom is -0.392 e. The fraction of sp³-hybridized carbons (Fsp3) is 0.583. The Morgan fingerprint density at radius 3 is 2.71 bits per heavy atom. The van der Waals surface area contributed by atoms with Gasteiger partial charge in [0, 0.05) is 35.3 Å². The minimum atomic E-state index is -0.388. The van der Waals surface area contributed by atoms with Crippen LogP contribution in [0.15, 0.2) is 12.3 Å². The first-order valence-corrected chi connectivity index (χ1v) is 6.70. The van der Waals surface area contributed by atoms with Crippen molar-refractivity contribution < 1.29 is 9.50 Å². The molecular weight excluding hydrogens is 239 g/mol. The number of anilines is 1. The number of hydrogen-bond donors (Lipinski definition) is 1. The van der Waals surface area contributed by atoms with Crippen molar-refractivity contribution in [1.82, 2.24) is 4.98 Å². The summed E-state index contributed by atoms with van der Waals surface area (Å²) in [6.07, 6.45) is 1.56. The molecule has 17 heavy (non-hydrogen) atoms. The van der Waals surface area contributed by atoms with Crippen LogP contribution < -0.4 is 4.90 Å². The van der Waals surface area contributed by atoms with E-state index >= 15 is 0 Å². The number of aliphatic hydroxyl groups excluding tert-OH is 1. The fourth-order valence-electron chi connectivity index (χ4n) is 2.16. The van der Waals surface area contributed by atoms with Gasteiger partial charge < -0.3 is 10.0 Å². The predicted molar refractivity (Wildman–Crippen MR) is 68.8 cm³/mol. The van der Waals surface area contributed by atoms with E-state index in [9.17, 15) is 4.39 Å². The summed E-state index contributed by atoms with van der Waals surface area (Å²) in [5, 5.41) is 10.00. The average Bonchev–Trinajstić information content (AvgIpc) is 2.28. The molecule has 0 saturated carbocycles. The van der Waals surface area contributed by atoms with E-state index in [-0.39, 0.29) is 12.4 Å². The largest absolute Gasteiger partial charge is 0.392 e. The molecule has 2 atom stereocenters. The van der Waals surface area contributed by atoms with Gasteiger partial charge in [0.05, 0.1) is 6.61 Å². The van der Waals surface area contributed by atoms with Crippen molar-refractivity contribution in [3.05, 3.63) is 23.6 Å². The first-order chi connectivity index (χ1) is 8.11. The van der Waals surface area contributed by atoms with Crippen LogP contribution in [-0.2, 0) is 6.61 Å². The third kappa shape index (κ3) is 2.72. The molecule has 0 spiro atoms. The molecule has 0 amide bonds. The van der Waals surface area contributed by atoms with Crippen LogP contribution in [0, 0.1) is 5.82 Å². The summed E-state index contributed by atoms with van der Waals surface area (Å²) in [5.41, 5.74) is 0.313. The number of thioether (sulfide) groups is 1. The van der Waals surface area contributed by atoms with Crippen LogP contribution in [0.1, 0.15) is 19.4 Å². The Labute approximate surface area is 105 Å². The van der Waals surface area contributed by atoms with Gasteiger partial charge in [0.1, 0.15) is 0 Å². The molecule has 1 fully saturated rings. The minimum absolute atomic E-state index is 0.283. The molecule has 2 unspecified atom stereocenters. The molecule has 0 aliphatic carbocycles. The van der Waals surface area contributed by atoms with Crippen LogP contribution in [0.25, 0.3) is 0 Å². The van der Waals surface area contributed by atoms with E-state index in [2.05, 4.69) is 18.8 Å². The highest BCUT2D eigenvalue weighted by molar-refractivity contribution is 8.00. The van der Waals surface area contributed by atoms with Crippen LogP contribution >= 0.6 is 11.8 Å². The number of aliphatic hydroxyl groups is 1. The Hall–Kier alpha value is -0.810. The monoisotopic (exact) mass is 256 g/mol. The van der Waals surface area contributed by atoms with Crippen molar-refractivity contribution in [3.8, 4) is 0 Å². The zero-order chi connectivity index (χ0) is 12.4. The molecule has 2 rings (SSSR count). The summed E-state index contributed by atoms with van der Waals surface area (Å²) in [6.45, 7) is 5.60. The predicted octanol–water partition coefficient (Wildman–Crippen LogP) is 2.04. The number of pyridine rings is 1. The van der Waals surface area contributed by atoms with Gasteiger partial charge >= 0.3 is 0 Å². The number of nitrogens with zero attached hydrogens (tertiary/aromatic N) is 2. The van der Waals surface area contributed by atoms with Crippen LogP contribution in [0.3, 0.4) is 0 Å². The molecule has 1 aliphatic rings. The van der Waals surface area contributed by atoms with Gasteiger partial charge in [0.15, 0.2) is 11.6 Å². The smallest absolute Gasteiger partial charge is 0.171 e. The Kier molecular flexibility index (Phi) is 3.89. The fourth-order valence-corrected chi connectivity index (χ4v) is 3.49. The molecule has 5 heteroatoms. The van der Waals surface area contributed by atoms with Crippen molar-refractivity contribution in [2.24, 2.45) is 0 Å². The highest BCUT2D eigenvalue weighted by atomic mass is 32.2. The standard InChI is InChI=1S/C12H17FN2OS/c1-8-5-15(6-9(2)17-8)12-11(13)10(7-16)3-4-14-12/h3-4,8-9,16H,5-7H2,1-2H3. The van der Waals surface area contributed by atoms with E-state index < -0.39 is 0 Å². The van der Waals surface area contributed by atoms with Gasteiger partial charge in [-0.1, -0.05) is 13.8 Å². The number of aromatic nitrogens is 1. The number of hydrogen-bond acceptors (Lipinski definition) is 4. The zero-order valence-electron chi connectivity index (χ0n) is 10.1. The molecule has 3 nitrogen and oxygen atoms in total. The highest BCUT2D eigenvalue weighted by Crippen LogP contribution is 2.29. The maximum Gasteiger partial charge on any atom is 0.171 e. The van der Waals surface area contributed by atoms with Crippen LogP contribution in [0.2, 0.25) is 0 Å². The van der Waals surface area contributed by atoms with Crippen molar-refractivity contribution in [2.45, 2.75) is 31.0 Å². The SMILES string of the molecule is CC1CN(c2nccc(CO)c2F)CC(C)S1. The van der Waals surface area contributed by atoms with Crippen LogP contribution in [-0.4, -0.2) is 33.7 Å². The molecule has 1 aliphatic heterocycles.